The summed E-state index contributed by atoms with van der Waals surface area (Å²) in [7, 11) is 2.19. The fourth-order valence-corrected chi connectivity index (χ4v) is 2.42. The lowest BCUT2D eigenvalue weighted by Gasteiger charge is -2.45. The molecule has 2 N–H and O–H groups in total. The molecule has 0 radical (unpaired) electrons. The largest absolute Gasteiger partial charge is 0.329 e. The average molecular weight is 199 g/mol. The lowest BCUT2D eigenvalue weighted by Crippen LogP contribution is -2.59. The molecule has 0 bridgehead atoms. The molecule has 2 unspecified atom stereocenters. The van der Waals surface area contributed by atoms with Crippen LogP contribution in [0.2, 0.25) is 0 Å². The Morgan fingerprint density at radius 2 is 2.00 bits per heavy atom. The van der Waals surface area contributed by atoms with Crippen molar-refractivity contribution in [1.82, 2.24) is 9.80 Å². The molecule has 84 valence electrons. The quantitative estimate of drug-likeness (QED) is 0.723. The van der Waals surface area contributed by atoms with Gasteiger partial charge in [-0.1, -0.05) is 13.8 Å². The molecule has 1 aliphatic heterocycles. The van der Waals surface area contributed by atoms with Crippen molar-refractivity contribution in [3.05, 3.63) is 0 Å². The van der Waals surface area contributed by atoms with E-state index in [-0.39, 0.29) is 0 Å². The highest BCUT2D eigenvalue weighted by atomic mass is 15.3. The lowest BCUT2D eigenvalue weighted by atomic mass is 10.0. The third-order valence-corrected chi connectivity index (χ3v) is 2.98. The Balaban J connectivity index is 2.58. The highest BCUT2D eigenvalue weighted by molar-refractivity contribution is 4.86. The van der Waals surface area contributed by atoms with Crippen LogP contribution in [-0.4, -0.2) is 55.1 Å². The molecular formula is C11H25N3. The zero-order valence-corrected chi connectivity index (χ0v) is 10.0. The zero-order valence-electron chi connectivity index (χ0n) is 10.0. The molecule has 0 saturated carbocycles. The maximum Gasteiger partial charge on any atom is 0.0349 e. The van der Waals surface area contributed by atoms with E-state index >= 15 is 0 Å². The monoisotopic (exact) mass is 199 g/mol. The van der Waals surface area contributed by atoms with Gasteiger partial charge in [-0.15, -0.1) is 0 Å². The number of likely N-dealkylation sites (N-methyl/N-ethyl adjacent to an activating group) is 1. The Hall–Kier alpha value is -0.120. The minimum atomic E-state index is 0.547. The molecule has 0 amide bonds. The van der Waals surface area contributed by atoms with Gasteiger partial charge < -0.3 is 10.6 Å². The second kappa shape index (κ2) is 5.10. The van der Waals surface area contributed by atoms with Gasteiger partial charge in [-0.3, -0.25) is 4.90 Å². The minimum Gasteiger partial charge on any atom is -0.329 e. The summed E-state index contributed by atoms with van der Waals surface area (Å²) >= 11 is 0. The fourth-order valence-electron chi connectivity index (χ4n) is 2.42. The zero-order chi connectivity index (χ0) is 10.7. The Bertz CT molecular complexity index is 170. The van der Waals surface area contributed by atoms with Crippen molar-refractivity contribution in [3.8, 4) is 0 Å². The van der Waals surface area contributed by atoms with Crippen LogP contribution < -0.4 is 5.73 Å². The molecule has 1 saturated heterocycles. The first-order chi connectivity index (χ1) is 6.54. The summed E-state index contributed by atoms with van der Waals surface area (Å²) in [5.41, 5.74) is 5.83. The van der Waals surface area contributed by atoms with Crippen LogP contribution in [0.15, 0.2) is 0 Å². The standard InChI is InChI=1S/C11H25N3/c1-9(2)6-14-10(3)7-13(4)8-11(14)5-12/h9-11H,5-8,12H2,1-4H3. The van der Waals surface area contributed by atoms with Crippen molar-refractivity contribution in [2.24, 2.45) is 11.7 Å². The summed E-state index contributed by atoms with van der Waals surface area (Å²) in [6.45, 7) is 11.1. The van der Waals surface area contributed by atoms with Gasteiger partial charge in [-0.25, -0.2) is 0 Å². The van der Waals surface area contributed by atoms with Crippen molar-refractivity contribution in [2.75, 3.05) is 33.2 Å². The number of hydrogen-bond acceptors (Lipinski definition) is 3. The minimum absolute atomic E-state index is 0.547. The third-order valence-electron chi connectivity index (χ3n) is 2.98. The predicted molar refractivity (Wildman–Crippen MR) is 61.3 cm³/mol. The summed E-state index contributed by atoms with van der Waals surface area (Å²) in [5.74, 6) is 0.731. The molecule has 3 nitrogen and oxygen atoms in total. The van der Waals surface area contributed by atoms with Gasteiger partial charge in [-0.2, -0.15) is 0 Å². The first-order valence-corrected chi connectivity index (χ1v) is 5.69. The van der Waals surface area contributed by atoms with Crippen LogP contribution in [0.5, 0.6) is 0 Å². The van der Waals surface area contributed by atoms with E-state index in [1.807, 2.05) is 0 Å². The van der Waals surface area contributed by atoms with Crippen LogP contribution in [-0.2, 0) is 0 Å². The van der Waals surface area contributed by atoms with E-state index in [1.54, 1.807) is 0 Å². The molecule has 0 aromatic carbocycles. The lowest BCUT2D eigenvalue weighted by molar-refractivity contribution is 0.0386. The van der Waals surface area contributed by atoms with Crippen LogP contribution >= 0.6 is 0 Å². The van der Waals surface area contributed by atoms with Crippen molar-refractivity contribution < 1.29 is 0 Å². The number of nitrogens with two attached hydrogens (primary N) is 1. The maximum absolute atomic E-state index is 5.83. The molecule has 1 rings (SSSR count). The van der Waals surface area contributed by atoms with E-state index in [0.29, 0.717) is 12.1 Å². The highest BCUT2D eigenvalue weighted by Gasteiger charge is 2.29. The summed E-state index contributed by atoms with van der Waals surface area (Å²) in [6, 6.07) is 1.19. The number of piperazine rings is 1. The SMILES string of the molecule is CC(C)CN1C(C)CN(C)CC1CN. The van der Waals surface area contributed by atoms with Crippen molar-refractivity contribution in [2.45, 2.75) is 32.9 Å². The van der Waals surface area contributed by atoms with Crippen LogP contribution in [0.1, 0.15) is 20.8 Å². The van der Waals surface area contributed by atoms with Gasteiger partial charge in [0.1, 0.15) is 0 Å². The highest BCUT2D eigenvalue weighted by Crippen LogP contribution is 2.15. The molecule has 1 aliphatic rings. The molecule has 0 aromatic rings. The fraction of sp³-hybridized carbons (Fsp3) is 1.00. The molecule has 0 aromatic heterocycles. The normalized spacial score (nSPS) is 31.3. The average Bonchev–Trinajstić information content (AvgIpc) is 2.08. The second-order valence-corrected chi connectivity index (χ2v) is 5.05. The molecule has 2 atom stereocenters. The van der Waals surface area contributed by atoms with Crippen molar-refractivity contribution in [1.29, 1.82) is 0 Å². The smallest absolute Gasteiger partial charge is 0.0349 e. The summed E-state index contributed by atoms with van der Waals surface area (Å²) in [5, 5.41) is 0. The van der Waals surface area contributed by atoms with E-state index in [4.69, 9.17) is 5.73 Å². The Labute approximate surface area is 88.2 Å². The van der Waals surface area contributed by atoms with E-state index < -0.39 is 0 Å². The molecule has 0 spiro atoms. The van der Waals surface area contributed by atoms with Crippen molar-refractivity contribution in [3.63, 3.8) is 0 Å². The van der Waals surface area contributed by atoms with Crippen molar-refractivity contribution >= 4 is 0 Å². The van der Waals surface area contributed by atoms with Gasteiger partial charge in [0.25, 0.3) is 0 Å². The van der Waals surface area contributed by atoms with E-state index in [1.165, 1.54) is 13.1 Å². The molecule has 3 heteroatoms. The van der Waals surface area contributed by atoms with Crippen LogP contribution in [0.4, 0.5) is 0 Å². The first-order valence-electron chi connectivity index (χ1n) is 5.69. The number of hydrogen-bond donors (Lipinski definition) is 1. The molecule has 1 fully saturated rings. The molecule has 14 heavy (non-hydrogen) atoms. The summed E-state index contributed by atoms with van der Waals surface area (Å²) in [4.78, 5) is 4.96. The van der Waals surface area contributed by atoms with Crippen LogP contribution in [0, 0.1) is 5.92 Å². The van der Waals surface area contributed by atoms with E-state index in [0.717, 1.165) is 19.0 Å². The van der Waals surface area contributed by atoms with Gasteiger partial charge in [0, 0.05) is 38.3 Å². The Kier molecular flexibility index (Phi) is 4.35. The number of rotatable bonds is 3. The molecule has 1 heterocycles. The maximum atomic E-state index is 5.83. The first kappa shape index (κ1) is 12.0. The van der Waals surface area contributed by atoms with Gasteiger partial charge in [0.05, 0.1) is 0 Å². The van der Waals surface area contributed by atoms with Gasteiger partial charge >= 0.3 is 0 Å². The Morgan fingerprint density at radius 1 is 1.36 bits per heavy atom. The van der Waals surface area contributed by atoms with E-state index in [9.17, 15) is 0 Å². The third kappa shape index (κ3) is 2.94. The summed E-state index contributed by atoms with van der Waals surface area (Å²) in [6.07, 6.45) is 0. The Morgan fingerprint density at radius 3 is 2.50 bits per heavy atom. The van der Waals surface area contributed by atoms with Gasteiger partial charge in [0.15, 0.2) is 0 Å². The summed E-state index contributed by atoms with van der Waals surface area (Å²) < 4.78 is 0. The van der Waals surface area contributed by atoms with Crippen LogP contribution in [0.25, 0.3) is 0 Å². The molecular weight excluding hydrogens is 174 g/mol. The number of nitrogens with zero attached hydrogens (tertiary/aromatic N) is 2. The van der Waals surface area contributed by atoms with Crippen LogP contribution in [0.3, 0.4) is 0 Å². The molecule has 0 aliphatic carbocycles. The second-order valence-electron chi connectivity index (χ2n) is 5.05. The van der Waals surface area contributed by atoms with E-state index in [2.05, 4.69) is 37.6 Å². The van der Waals surface area contributed by atoms with Gasteiger partial charge in [-0.05, 0) is 19.9 Å². The predicted octanol–water partition coefficient (Wildman–Crippen LogP) is 0.606. The van der Waals surface area contributed by atoms with Gasteiger partial charge in [0.2, 0.25) is 0 Å². The topological polar surface area (TPSA) is 32.5 Å².